The number of hydrogen-bond donors (Lipinski definition) is 0. The van der Waals surface area contributed by atoms with Crippen molar-refractivity contribution in [2.24, 2.45) is 0 Å². The minimum absolute atomic E-state index is 0.0698. The highest BCUT2D eigenvalue weighted by molar-refractivity contribution is 8.01. The number of aromatic nitrogens is 1. The van der Waals surface area contributed by atoms with Crippen molar-refractivity contribution in [3.63, 3.8) is 0 Å². The summed E-state index contributed by atoms with van der Waals surface area (Å²) >= 11 is 2.85. The van der Waals surface area contributed by atoms with E-state index in [4.69, 9.17) is 9.47 Å². The molecule has 0 fully saturated rings. The van der Waals surface area contributed by atoms with Crippen LogP contribution in [-0.4, -0.2) is 35.2 Å². The number of hydrogen-bond acceptors (Lipinski definition) is 7. The molecule has 27 heavy (non-hydrogen) atoms. The van der Waals surface area contributed by atoms with E-state index in [0.29, 0.717) is 11.3 Å². The number of thiazole rings is 1. The smallest absolute Gasteiger partial charge is 0.316 e. The summed E-state index contributed by atoms with van der Waals surface area (Å²) in [5.74, 6) is 0.136. The minimum Gasteiger partial charge on any atom is -0.491 e. The van der Waals surface area contributed by atoms with Gasteiger partial charge in [0.25, 0.3) is 0 Å². The van der Waals surface area contributed by atoms with Gasteiger partial charge in [-0.2, -0.15) is 0 Å². The van der Waals surface area contributed by atoms with Crippen LogP contribution in [-0.2, 0) is 9.53 Å². The second-order valence-electron chi connectivity index (χ2n) is 6.01. The highest BCUT2D eigenvalue weighted by atomic mass is 32.2. The molecule has 0 atom stereocenters. The number of fused-ring (bicyclic) bond motifs is 1. The monoisotopic (exact) mass is 401 g/mol. The fourth-order valence-corrected chi connectivity index (χ4v) is 4.16. The zero-order chi connectivity index (χ0) is 19.2. The molecule has 3 rings (SSSR count). The average molecular weight is 402 g/mol. The Morgan fingerprint density at radius 2 is 1.85 bits per heavy atom. The summed E-state index contributed by atoms with van der Waals surface area (Å²) in [6.07, 6.45) is 0.0698. The number of carbonyl (C=O) groups excluding carboxylic acids is 2. The van der Waals surface area contributed by atoms with E-state index in [1.807, 2.05) is 38.1 Å². The van der Waals surface area contributed by atoms with Gasteiger partial charge in [-0.05, 0) is 50.2 Å². The van der Waals surface area contributed by atoms with E-state index in [9.17, 15) is 9.59 Å². The molecule has 0 saturated carbocycles. The number of Topliss-reactive ketones (excluding diaryl/α,β-unsaturated/α-hetero) is 1. The number of ketones is 1. The number of thioether (sulfide) groups is 1. The van der Waals surface area contributed by atoms with Gasteiger partial charge in [-0.1, -0.05) is 23.9 Å². The van der Waals surface area contributed by atoms with E-state index < -0.39 is 5.97 Å². The Morgan fingerprint density at radius 1 is 1.11 bits per heavy atom. The molecular formula is C20H19NO4S2. The molecular weight excluding hydrogens is 382 g/mol. The number of para-hydroxylation sites is 1. The van der Waals surface area contributed by atoms with Gasteiger partial charge >= 0.3 is 5.97 Å². The number of nitrogens with zero attached hydrogens (tertiary/aromatic N) is 1. The lowest BCUT2D eigenvalue weighted by atomic mass is 10.1. The Labute approximate surface area is 165 Å². The molecule has 7 heteroatoms. The van der Waals surface area contributed by atoms with Gasteiger partial charge in [-0.25, -0.2) is 4.98 Å². The van der Waals surface area contributed by atoms with Gasteiger partial charge in [-0.15, -0.1) is 11.3 Å². The van der Waals surface area contributed by atoms with Crippen molar-refractivity contribution in [3.05, 3.63) is 54.1 Å². The molecule has 0 bridgehead atoms. The Balaban J connectivity index is 1.46. The molecule has 140 valence electrons. The second-order valence-corrected chi connectivity index (χ2v) is 8.26. The first-order valence-corrected chi connectivity index (χ1v) is 10.3. The van der Waals surface area contributed by atoms with Crippen molar-refractivity contribution >= 4 is 45.1 Å². The number of esters is 1. The molecule has 0 aliphatic carbocycles. The molecule has 1 heterocycles. The van der Waals surface area contributed by atoms with Gasteiger partial charge in [0.05, 0.1) is 22.1 Å². The van der Waals surface area contributed by atoms with E-state index in [-0.39, 0.29) is 24.2 Å². The summed E-state index contributed by atoms with van der Waals surface area (Å²) in [7, 11) is 0. The molecule has 0 amide bonds. The first-order valence-electron chi connectivity index (χ1n) is 8.45. The molecule has 0 N–H and O–H groups in total. The van der Waals surface area contributed by atoms with Crippen LogP contribution in [0.1, 0.15) is 24.2 Å². The van der Waals surface area contributed by atoms with Gasteiger partial charge < -0.3 is 9.47 Å². The molecule has 1 aromatic heterocycles. The van der Waals surface area contributed by atoms with Crippen LogP contribution in [0.25, 0.3) is 10.2 Å². The summed E-state index contributed by atoms with van der Waals surface area (Å²) in [6.45, 7) is 3.60. The summed E-state index contributed by atoms with van der Waals surface area (Å²) in [6, 6.07) is 14.6. The topological polar surface area (TPSA) is 65.5 Å². The molecule has 5 nitrogen and oxygen atoms in total. The normalized spacial score (nSPS) is 10.9. The number of benzene rings is 2. The summed E-state index contributed by atoms with van der Waals surface area (Å²) in [4.78, 5) is 28.5. The molecule has 2 aromatic carbocycles. The molecule has 0 aliphatic rings. The third kappa shape index (κ3) is 5.55. The molecule has 0 spiro atoms. The van der Waals surface area contributed by atoms with Gasteiger partial charge in [0, 0.05) is 5.56 Å². The van der Waals surface area contributed by atoms with E-state index in [0.717, 1.165) is 14.6 Å². The highest BCUT2D eigenvalue weighted by Crippen LogP contribution is 2.29. The molecule has 3 aromatic rings. The van der Waals surface area contributed by atoms with Crippen molar-refractivity contribution in [1.29, 1.82) is 0 Å². The number of rotatable bonds is 8. The van der Waals surface area contributed by atoms with Crippen LogP contribution in [0, 0.1) is 0 Å². The van der Waals surface area contributed by atoms with Crippen LogP contribution in [0.4, 0.5) is 0 Å². The summed E-state index contributed by atoms with van der Waals surface area (Å²) in [5, 5.41) is 0. The average Bonchev–Trinajstić information content (AvgIpc) is 3.07. The third-order valence-corrected chi connectivity index (χ3v) is 5.65. The van der Waals surface area contributed by atoms with Crippen LogP contribution in [0.5, 0.6) is 5.75 Å². The fraction of sp³-hybridized carbons (Fsp3) is 0.250. The zero-order valence-corrected chi connectivity index (χ0v) is 16.6. The maximum atomic E-state index is 12.1. The number of carbonyl (C=O) groups is 2. The van der Waals surface area contributed by atoms with Crippen LogP contribution in [0.3, 0.4) is 0 Å². The lowest BCUT2D eigenvalue weighted by Gasteiger charge is -2.10. The lowest BCUT2D eigenvalue weighted by Crippen LogP contribution is -2.15. The maximum absolute atomic E-state index is 12.1. The Morgan fingerprint density at radius 3 is 2.56 bits per heavy atom. The first-order chi connectivity index (χ1) is 13.0. The highest BCUT2D eigenvalue weighted by Gasteiger charge is 2.12. The van der Waals surface area contributed by atoms with Gasteiger partial charge in [0.15, 0.2) is 16.7 Å². The van der Waals surface area contributed by atoms with Crippen molar-refractivity contribution in [2.75, 3.05) is 12.4 Å². The van der Waals surface area contributed by atoms with Crippen LogP contribution in [0.2, 0.25) is 0 Å². The first kappa shape index (κ1) is 19.4. The van der Waals surface area contributed by atoms with E-state index in [1.165, 1.54) is 23.1 Å². The zero-order valence-electron chi connectivity index (χ0n) is 15.0. The van der Waals surface area contributed by atoms with Crippen molar-refractivity contribution < 1.29 is 19.1 Å². The molecule has 0 saturated heterocycles. The van der Waals surface area contributed by atoms with Crippen LogP contribution >= 0.6 is 23.1 Å². The van der Waals surface area contributed by atoms with Crippen LogP contribution < -0.4 is 4.74 Å². The van der Waals surface area contributed by atoms with E-state index >= 15 is 0 Å². The molecule has 0 radical (unpaired) electrons. The van der Waals surface area contributed by atoms with Gasteiger partial charge in [0.1, 0.15) is 5.75 Å². The van der Waals surface area contributed by atoms with Crippen molar-refractivity contribution in [3.8, 4) is 5.75 Å². The summed E-state index contributed by atoms with van der Waals surface area (Å²) < 4.78 is 12.5. The van der Waals surface area contributed by atoms with Crippen molar-refractivity contribution in [1.82, 2.24) is 4.98 Å². The SMILES string of the molecule is CC(C)Oc1ccc(C(=O)COC(=O)CSc2nc3ccccc3s2)cc1. The van der Waals surface area contributed by atoms with Crippen LogP contribution in [0.15, 0.2) is 52.9 Å². The van der Waals surface area contributed by atoms with Gasteiger partial charge in [0.2, 0.25) is 0 Å². The quantitative estimate of drug-likeness (QED) is 0.312. The second kappa shape index (κ2) is 9.01. The Kier molecular flexibility index (Phi) is 6.47. The number of ether oxygens (including phenoxy) is 2. The fourth-order valence-electron chi connectivity index (χ4n) is 2.30. The van der Waals surface area contributed by atoms with Crippen molar-refractivity contribution in [2.45, 2.75) is 24.3 Å². The van der Waals surface area contributed by atoms with Gasteiger partial charge in [-0.3, -0.25) is 9.59 Å². The lowest BCUT2D eigenvalue weighted by molar-refractivity contribution is -0.139. The largest absolute Gasteiger partial charge is 0.491 e. The maximum Gasteiger partial charge on any atom is 0.316 e. The predicted octanol–water partition coefficient (Wildman–Crippen LogP) is 4.60. The predicted molar refractivity (Wildman–Crippen MR) is 108 cm³/mol. The molecule has 0 unspecified atom stereocenters. The Bertz CT molecular complexity index is 902. The molecule has 0 aliphatic heterocycles. The summed E-state index contributed by atoms with van der Waals surface area (Å²) in [5.41, 5.74) is 1.40. The standard InChI is InChI=1S/C20H19NO4S2/c1-13(2)25-15-9-7-14(8-10-15)17(22)11-24-19(23)12-26-20-21-16-5-3-4-6-18(16)27-20/h3-10,13H,11-12H2,1-2H3. The van der Waals surface area contributed by atoms with E-state index in [2.05, 4.69) is 4.98 Å². The van der Waals surface area contributed by atoms with E-state index in [1.54, 1.807) is 24.3 Å². The Hall–Kier alpha value is -2.38. The third-order valence-electron chi connectivity index (χ3n) is 3.50. The minimum atomic E-state index is -0.438.